The summed E-state index contributed by atoms with van der Waals surface area (Å²) < 4.78 is 0. The molecule has 0 amide bonds. The van der Waals surface area contributed by atoms with Crippen LogP contribution in [0.25, 0.3) is 0 Å². The second-order valence-corrected chi connectivity index (χ2v) is 7.33. The molecule has 2 aliphatic carbocycles. The van der Waals surface area contributed by atoms with Gasteiger partial charge in [-0.2, -0.15) is 0 Å². The van der Waals surface area contributed by atoms with Crippen LogP contribution in [0.5, 0.6) is 0 Å². The van der Waals surface area contributed by atoms with Crippen LogP contribution in [-0.2, 0) is 0 Å². The van der Waals surface area contributed by atoms with Gasteiger partial charge < -0.3 is 5.73 Å². The Bertz CT molecular complexity index is 242. The van der Waals surface area contributed by atoms with Gasteiger partial charge in [-0.25, -0.2) is 0 Å². The zero-order valence-corrected chi connectivity index (χ0v) is 12.1. The summed E-state index contributed by atoms with van der Waals surface area (Å²) in [6.07, 6.45) is 12.3. The molecule has 0 aromatic rings. The van der Waals surface area contributed by atoms with E-state index in [0.29, 0.717) is 5.41 Å². The first-order chi connectivity index (χ1) is 7.98. The fourth-order valence-corrected chi connectivity index (χ4v) is 4.13. The third kappa shape index (κ3) is 2.70. The minimum absolute atomic E-state index is 0.205. The van der Waals surface area contributed by atoms with Crippen LogP contribution < -0.4 is 5.73 Å². The molecule has 0 heterocycles. The van der Waals surface area contributed by atoms with Gasteiger partial charge in [0.1, 0.15) is 0 Å². The Hall–Kier alpha value is -0.0400. The summed E-state index contributed by atoms with van der Waals surface area (Å²) >= 11 is 0. The first-order valence-electron chi connectivity index (χ1n) is 7.77. The molecule has 0 saturated heterocycles. The average Bonchev–Trinajstić information content (AvgIpc) is 2.84. The molecule has 2 rings (SSSR count). The van der Waals surface area contributed by atoms with Gasteiger partial charge in [-0.05, 0) is 55.8 Å². The van der Waals surface area contributed by atoms with Crippen molar-refractivity contribution in [1.29, 1.82) is 0 Å². The van der Waals surface area contributed by atoms with Gasteiger partial charge in [-0.3, -0.25) is 0 Å². The van der Waals surface area contributed by atoms with E-state index in [4.69, 9.17) is 5.73 Å². The quantitative estimate of drug-likeness (QED) is 0.768. The van der Waals surface area contributed by atoms with Crippen LogP contribution in [0.4, 0.5) is 0 Å². The summed E-state index contributed by atoms with van der Waals surface area (Å²) in [5.74, 6) is 1.75. The Balaban J connectivity index is 1.93. The van der Waals surface area contributed by atoms with Gasteiger partial charge in [0.15, 0.2) is 0 Å². The maximum atomic E-state index is 6.71. The summed E-state index contributed by atoms with van der Waals surface area (Å²) in [4.78, 5) is 0. The predicted octanol–water partition coefficient (Wildman–Crippen LogP) is 4.50. The first kappa shape index (κ1) is 13.4. The number of hydrogen-bond donors (Lipinski definition) is 1. The van der Waals surface area contributed by atoms with Crippen LogP contribution in [0.1, 0.15) is 78.6 Å². The lowest BCUT2D eigenvalue weighted by Crippen LogP contribution is -2.50. The maximum absolute atomic E-state index is 6.71. The van der Waals surface area contributed by atoms with Crippen LogP contribution in [0.3, 0.4) is 0 Å². The lowest BCUT2D eigenvalue weighted by Gasteiger charge is -2.46. The molecule has 0 aromatic carbocycles. The Morgan fingerprint density at radius 2 is 1.59 bits per heavy atom. The Kier molecular flexibility index (Phi) is 3.87. The molecule has 1 nitrogen and oxygen atoms in total. The van der Waals surface area contributed by atoms with Gasteiger partial charge >= 0.3 is 0 Å². The van der Waals surface area contributed by atoms with Gasteiger partial charge in [0.05, 0.1) is 0 Å². The van der Waals surface area contributed by atoms with E-state index < -0.39 is 0 Å². The fraction of sp³-hybridized carbons (Fsp3) is 1.00. The van der Waals surface area contributed by atoms with Crippen molar-refractivity contribution >= 4 is 0 Å². The summed E-state index contributed by atoms with van der Waals surface area (Å²) in [7, 11) is 0. The Labute approximate surface area is 108 Å². The highest BCUT2D eigenvalue weighted by Crippen LogP contribution is 2.47. The third-order valence-electron chi connectivity index (χ3n) is 6.10. The van der Waals surface area contributed by atoms with Crippen LogP contribution in [0, 0.1) is 17.3 Å². The van der Waals surface area contributed by atoms with Gasteiger partial charge in [0.25, 0.3) is 0 Å². The van der Waals surface area contributed by atoms with E-state index in [9.17, 15) is 0 Å². The molecule has 0 spiro atoms. The zero-order chi connectivity index (χ0) is 12.5. The Morgan fingerprint density at radius 1 is 1.06 bits per heavy atom. The van der Waals surface area contributed by atoms with Crippen molar-refractivity contribution in [2.45, 2.75) is 84.1 Å². The van der Waals surface area contributed by atoms with Crippen molar-refractivity contribution in [3.8, 4) is 0 Å². The van der Waals surface area contributed by atoms with E-state index in [-0.39, 0.29) is 5.54 Å². The SMILES string of the molecule is CCC(C)(C)C1CCC(N)(C2CCCC2)CC1. The van der Waals surface area contributed by atoms with E-state index in [1.165, 1.54) is 57.8 Å². The van der Waals surface area contributed by atoms with E-state index in [1.807, 2.05) is 0 Å². The van der Waals surface area contributed by atoms with E-state index in [0.717, 1.165) is 11.8 Å². The molecule has 0 aromatic heterocycles. The lowest BCUT2D eigenvalue weighted by molar-refractivity contribution is 0.0892. The van der Waals surface area contributed by atoms with Crippen molar-refractivity contribution in [3.05, 3.63) is 0 Å². The summed E-state index contributed by atoms with van der Waals surface area (Å²) in [5.41, 5.74) is 7.44. The lowest BCUT2D eigenvalue weighted by atomic mass is 9.63. The molecule has 0 bridgehead atoms. The van der Waals surface area contributed by atoms with Crippen molar-refractivity contribution in [3.63, 3.8) is 0 Å². The molecule has 1 heteroatoms. The summed E-state index contributed by atoms with van der Waals surface area (Å²) in [6, 6.07) is 0. The fourth-order valence-electron chi connectivity index (χ4n) is 4.13. The molecule has 2 aliphatic rings. The number of rotatable bonds is 3. The maximum Gasteiger partial charge on any atom is 0.0183 e. The van der Waals surface area contributed by atoms with Gasteiger partial charge in [0.2, 0.25) is 0 Å². The highest BCUT2D eigenvalue weighted by atomic mass is 14.8. The molecule has 0 aliphatic heterocycles. The first-order valence-corrected chi connectivity index (χ1v) is 7.77. The zero-order valence-electron chi connectivity index (χ0n) is 12.1. The normalized spacial score (nSPS) is 36.4. The van der Waals surface area contributed by atoms with Gasteiger partial charge in [0, 0.05) is 5.54 Å². The van der Waals surface area contributed by atoms with Crippen LogP contribution >= 0.6 is 0 Å². The molecular formula is C16H31N. The summed E-state index contributed by atoms with van der Waals surface area (Å²) in [5, 5.41) is 0. The van der Waals surface area contributed by atoms with Gasteiger partial charge in [-0.15, -0.1) is 0 Å². The molecule has 0 atom stereocenters. The highest BCUT2D eigenvalue weighted by Gasteiger charge is 2.42. The minimum atomic E-state index is 0.205. The van der Waals surface area contributed by atoms with Crippen molar-refractivity contribution in [1.82, 2.24) is 0 Å². The molecule has 100 valence electrons. The largest absolute Gasteiger partial charge is 0.325 e. The van der Waals surface area contributed by atoms with Crippen molar-refractivity contribution < 1.29 is 0 Å². The molecule has 17 heavy (non-hydrogen) atoms. The Morgan fingerprint density at radius 3 is 2.06 bits per heavy atom. The predicted molar refractivity (Wildman–Crippen MR) is 74.9 cm³/mol. The van der Waals surface area contributed by atoms with E-state index >= 15 is 0 Å². The minimum Gasteiger partial charge on any atom is -0.325 e. The van der Waals surface area contributed by atoms with E-state index in [2.05, 4.69) is 20.8 Å². The molecule has 2 saturated carbocycles. The molecule has 0 unspecified atom stereocenters. The summed E-state index contributed by atoms with van der Waals surface area (Å²) in [6.45, 7) is 7.22. The third-order valence-corrected chi connectivity index (χ3v) is 6.10. The molecule has 0 radical (unpaired) electrons. The monoisotopic (exact) mass is 237 g/mol. The molecular weight excluding hydrogens is 206 g/mol. The van der Waals surface area contributed by atoms with Crippen molar-refractivity contribution in [2.24, 2.45) is 23.0 Å². The average molecular weight is 237 g/mol. The van der Waals surface area contributed by atoms with Crippen LogP contribution in [0.2, 0.25) is 0 Å². The van der Waals surface area contributed by atoms with Crippen molar-refractivity contribution in [2.75, 3.05) is 0 Å². The van der Waals surface area contributed by atoms with Crippen LogP contribution in [0.15, 0.2) is 0 Å². The smallest absolute Gasteiger partial charge is 0.0183 e. The molecule has 2 N–H and O–H groups in total. The van der Waals surface area contributed by atoms with E-state index in [1.54, 1.807) is 0 Å². The molecule has 2 fully saturated rings. The topological polar surface area (TPSA) is 26.0 Å². The van der Waals surface area contributed by atoms with Crippen LogP contribution in [-0.4, -0.2) is 5.54 Å². The van der Waals surface area contributed by atoms with Gasteiger partial charge in [-0.1, -0.05) is 40.0 Å². The second kappa shape index (κ2) is 4.91. The second-order valence-electron chi connectivity index (χ2n) is 7.33. The number of hydrogen-bond acceptors (Lipinski definition) is 1. The number of nitrogens with two attached hydrogens (primary N) is 1. The standard InChI is InChI=1S/C16H31N/c1-4-15(2,3)13-9-11-16(17,12-10-13)14-7-5-6-8-14/h13-14H,4-12,17H2,1-3H3. The highest BCUT2D eigenvalue weighted by molar-refractivity contribution is 4.98.